The van der Waals surface area contributed by atoms with Gasteiger partial charge in [0.1, 0.15) is 11.9 Å². The lowest BCUT2D eigenvalue weighted by molar-refractivity contribution is 0.0918. The molecular formula is C11H13FN2O. The Kier molecular flexibility index (Phi) is 2.68. The van der Waals surface area contributed by atoms with E-state index in [1.165, 1.54) is 6.07 Å². The topological polar surface area (TPSA) is 47.6 Å². The number of nitrogens with zero attached hydrogens (tertiary/aromatic N) is 1. The van der Waals surface area contributed by atoms with Crippen LogP contribution >= 0.6 is 0 Å². The van der Waals surface area contributed by atoms with Crippen molar-refractivity contribution in [3.05, 3.63) is 35.1 Å². The number of halogens is 1. The molecule has 2 rings (SSSR count). The van der Waals surface area contributed by atoms with Crippen LogP contribution in [0.25, 0.3) is 0 Å². The lowest BCUT2D eigenvalue weighted by Gasteiger charge is -2.03. The minimum atomic E-state index is -0.216. The van der Waals surface area contributed by atoms with Crippen LogP contribution in [0.1, 0.15) is 17.5 Å². The van der Waals surface area contributed by atoms with Gasteiger partial charge >= 0.3 is 0 Å². The maximum Gasteiger partial charge on any atom is 0.145 e. The summed E-state index contributed by atoms with van der Waals surface area (Å²) in [6.45, 7) is 2.16. The van der Waals surface area contributed by atoms with Gasteiger partial charge in [0.2, 0.25) is 0 Å². The summed E-state index contributed by atoms with van der Waals surface area (Å²) in [5, 5.41) is 3.90. The number of nitrogens with two attached hydrogens (primary N) is 1. The number of rotatable bonds is 2. The van der Waals surface area contributed by atoms with E-state index in [1.807, 2.05) is 6.07 Å². The van der Waals surface area contributed by atoms with Crippen LogP contribution in [0.15, 0.2) is 23.4 Å². The molecule has 80 valence electrons. The lowest BCUT2D eigenvalue weighted by atomic mass is 10.0. The van der Waals surface area contributed by atoms with Crippen molar-refractivity contribution in [2.24, 2.45) is 10.9 Å². The smallest absolute Gasteiger partial charge is 0.145 e. The Morgan fingerprint density at radius 2 is 2.40 bits per heavy atom. The monoisotopic (exact) mass is 208 g/mol. The highest BCUT2D eigenvalue weighted by atomic mass is 19.1. The SMILES string of the molecule is Cc1ccc(C2=NOC(CN)C2)cc1F. The van der Waals surface area contributed by atoms with E-state index in [4.69, 9.17) is 10.6 Å². The van der Waals surface area contributed by atoms with E-state index in [2.05, 4.69) is 5.16 Å². The number of oxime groups is 1. The van der Waals surface area contributed by atoms with Crippen molar-refractivity contribution in [1.82, 2.24) is 0 Å². The molecular weight excluding hydrogens is 195 g/mol. The summed E-state index contributed by atoms with van der Waals surface area (Å²) in [5.41, 5.74) is 7.63. The second-order valence-electron chi connectivity index (χ2n) is 3.67. The van der Waals surface area contributed by atoms with E-state index in [0.717, 1.165) is 11.3 Å². The Morgan fingerprint density at radius 1 is 1.60 bits per heavy atom. The van der Waals surface area contributed by atoms with Crippen LogP contribution in [0.4, 0.5) is 4.39 Å². The fraction of sp³-hybridized carbons (Fsp3) is 0.364. The van der Waals surface area contributed by atoms with Gasteiger partial charge in [0.15, 0.2) is 0 Å². The van der Waals surface area contributed by atoms with Crippen molar-refractivity contribution < 1.29 is 9.23 Å². The maximum atomic E-state index is 13.3. The molecule has 0 radical (unpaired) electrons. The lowest BCUT2D eigenvalue weighted by Crippen LogP contribution is -2.20. The van der Waals surface area contributed by atoms with E-state index in [0.29, 0.717) is 18.5 Å². The van der Waals surface area contributed by atoms with Gasteiger partial charge in [0, 0.05) is 18.5 Å². The molecule has 0 saturated heterocycles. The molecule has 0 saturated carbocycles. The van der Waals surface area contributed by atoms with Crippen LogP contribution in [-0.2, 0) is 4.84 Å². The molecule has 1 atom stereocenters. The van der Waals surface area contributed by atoms with E-state index in [-0.39, 0.29) is 11.9 Å². The van der Waals surface area contributed by atoms with Crippen LogP contribution in [-0.4, -0.2) is 18.4 Å². The number of benzene rings is 1. The Labute approximate surface area is 87.7 Å². The third-order valence-corrected chi connectivity index (χ3v) is 2.50. The van der Waals surface area contributed by atoms with E-state index < -0.39 is 0 Å². The van der Waals surface area contributed by atoms with Crippen LogP contribution in [0, 0.1) is 12.7 Å². The molecule has 1 unspecified atom stereocenters. The maximum absolute atomic E-state index is 13.3. The van der Waals surface area contributed by atoms with Gasteiger partial charge in [0.25, 0.3) is 0 Å². The first-order chi connectivity index (χ1) is 7.20. The fourth-order valence-electron chi connectivity index (χ4n) is 1.50. The second-order valence-corrected chi connectivity index (χ2v) is 3.67. The van der Waals surface area contributed by atoms with Crippen molar-refractivity contribution in [3.63, 3.8) is 0 Å². The number of aryl methyl sites for hydroxylation is 1. The Hall–Kier alpha value is -1.42. The summed E-state index contributed by atoms with van der Waals surface area (Å²) in [7, 11) is 0. The van der Waals surface area contributed by atoms with Gasteiger partial charge in [0.05, 0.1) is 5.71 Å². The van der Waals surface area contributed by atoms with E-state index in [9.17, 15) is 4.39 Å². The standard InChI is InChI=1S/C11H13FN2O/c1-7-2-3-8(4-10(7)12)11-5-9(6-13)15-14-11/h2-4,9H,5-6,13H2,1H3. The first-order valence-corrected chi connectivity index (χ1v) is 4.90. The Bertz CT molecular complexity index is 404. The molecule has 2 N–H and O–H groups in total. The average Bonchev–Trinajstić information content (AvgIpc) is 2.70. The van der Waals surface area contributed by atoms with Gasteiger partial charge in [-0.25, -0.2) is 4.39 Å². The van der Waals surface area contributed by atoms with Gasteiger partial charge in [-0.3, -0.25) is 0 Å². The normalized spacial score (nSPS) is 19.9. The first kappa shape index (κ1) is 10.1. The van der Waals surface area contributed by atoms with Crippen molar-refractivity contribution in [1.29, 1.82) is 0 Å². The molecule has 3 nitrogen and oxygen atoms in total. The molecule has 1 aliphatic rings. The predicted molar refractivity (Wildman–Crippen MR) is 56.2 cm³/mol. The zero-order valence-corrected chi connectivity index (χ0v) is 8.53. The molecule has 0 aromatic heterocycles. The number of hydrogen-bond acceptors (Lipinski definition) is 3. The fourth-order valence-corrected chi connectivity index (χ4v) is 1.50. The Balaban J connectivity index is 2.21. The van der Waals surface area contributed by atoms with Crippen LogP contribution < -0.4 is 5.73 Å². The number of hydrogen-bond donors (Lipinski definition) is 1. The minimum Gasteiger partial charge on any atom is -0.390 e. The zero-order valence-electron chi connectivity index (χ0n) is 8.53. The molecule has 0 aliphatic carbocycles. The molecule has 0 spiro atoms. The molecule has 0 amide bonds. The third-order valence-electron chi connectivity index (χ3n) is 2.50. The van der Waals surface area contributed by atoms with Crippen LogP contribution in [0.2, 0.25) is 0 Å². The van der Waals surface area contributed by atoms with Crippen LogP contribution in [0.5, 0.6) is 0 Å². The first-order valence-electron chi connectivity index (χ1n) is 4.90. The molecule has 0 fully saturated rings. The van der Waals surface area contributed by atoms with Crippen LogP contribution in [0.3, 0.4) is 0 Å². The summed E-state index contributed by atoms with van der Waals surface area (Å²) < 4.78 is 13.3. The van der Waals surface area contributed by atoms with Gasteiger partial charge in [-0.2, -0.15) is 0 Å². The van der Waals surface area contributed by atoms with Crippen molar-refractivity contribution in [2.75, 3.05) is 6.54 Å². The molecule has 1 aromatic rings. The van der Waals surface area contributed by atoms with Crippen molar-refractivity contribution >= 4 is 5.71 Å². The highest BCUT2D eigenvalue weighted by Gasteiger charge is 2.20. The van der Waals surface area contributed by atoms with Gasteiger partial charge < -0.3 is 10.6 Å². The van der Waals surface area contributed by atoms with E-state index >= 15 is 0 Å². The molecule has 1 aliphatic heterocycles. The Morgan fingerprint density at radius 3 is 3.00 bits per heavy atom. The molecule has 15 heavy (non-hydrogen) atoms. The van der Waals surface area contributed by atoms with Gasteiger partial charge in [-0.1, -0.05) is 17.3 Å². The minimum absolute atomic E-state index is 0.0654. The third kappa shape index (κ3) is 1.99. The van der Waals surface area contributed by atoms with Crippen molar-refractivity contribution in [2.45, 2.75) is 19.4 Å². The van der Waals surface area contributed by atoms with Gasteiger partial charge in [-0.05, 0) is 18.6 Å². The highest BCUT2D eigenvalue weighted by molar-refractivity contribution is 6.01. The van der Waals surface area contributed by atoms with Gasteiger partial charge in [-0.15, -0.1) is 0 Å². The largest absolute Gasteiger partial charge is 0.390 e. The highest BCUT2D eigenvalue weighted by Crippen LogP contribution is 2.18. The molecule has 1 aromatic carbocycles. The summed E-state index contributed by atoms with van der Waals surface area (Å²) >= 11 is 0. The molecule has 4 heteroatoms. The summed E-state index contributed by atoms with van der Waals surface area (Å²) in [4.78, 5) is 5.08. The summed E-state index contributed by atoms with van der Waals surface area (Å²) in [6.07, 6.45) is 0.586. The molecule has 0 bridgehead atoms. The zero-order chi connectivity index (χ0) is 10.8. The summed E-state index contributed by atoms with van der Waals surface area (Å²) in [5.74, 6) is -0.216. The summed E-state index contributed by atoms with van der Waals surface area (Å²) in [6, 6.07) is 5.07. The molecule has 1 heterocycles. The van der Waals surface area contributed by atoms with E-state index in [1.54, 1.807) is 13.0 Å². The predicted octanol–water partition coefficient (Wildman–Crippen LogP) is 1.59. The second kappa shape index (κ2) is 3.98. The average molecular weight is 208 g/mol. The van der Waals surface area contributed by atoms with Crippen molar-refractivity contribution in [3.8, 4) is 0 Å². The quantitative estimate of drug-likeness (QED) is 0.802.